The number of amides is 2. The molecule has 0 unspecified atom stereocenters. The van der Waals surface area contributed by atoms with Crippen LogP contribution < -0.4 is 5.32 Å². The van der Waals surface area contributed by atoms with Gasteiger partial charge in [-0.3, -0.25) is 14.5 Å². The van der Waals surface area contributed by atoms with Crippen molar-refractivity contribution in [2.24, 2.45) is 5.92 Å². The van der Waals surface area contributed by atoms with Crippen LogP contribution >= 0.6 is 0 Å². The summed E-state index contributed by atoms with van der Waals surface area (Å²) in [5.41, 5.74) is 3.38. The number of carbonyl (C=O) groups is 2. The Morgan fingerprint density at radius 1 is 0.964 bits per heavy atom. The lowest BCUT2D eigenvalue weighted by atomic mass is 9.94. The molecule has 2 aliphatic rings. The van der Waals surface area contributed by atoms with Gasteiger partial charge in [0.25, 0.3) is 0 Å². The first-order valence-corrected chi connectivity index (χ1v) is 11.0. The van der Waals surface area contributed by atoms with Crippen molar-refractivity contribution in [3.05, 3.63) is 29.3 Å². The van der Waals surface area contributed by atoms with Crippen LogP contribution in [0, 0.1) is 5.92 Å². The molecule has 0 radical (unpaired) electrons. The highest BCUT2D eigenvalue weighted by Gasteiger charge is 2.29. The topological polar surface area (TPSA) is 52.7 Å². The molecular formula is C23H35N3O2. The number of likely N-dealkylation sites (tertiary alicyclic amines) is 2. The molecular weight excluding hydrogens is 350 g/mol. The Hall–Kier alpha value is -1.88. The fourth-order valence-electron chi connectivity index (χ4n) is 4.50. The highest BCUT2D eigenvalue weighted by atomic mass is 16.2. The van der Waals surface area contributed by atoms with Crippen LogP contribution in [0.25, 0.3) is 0 Å². The SMILES string of the molecule is CCc1cccc(CC)c1NC(=O)CN1CCC(C(=O)N2CCCCC2)CC1. The summed E-state index contributed by atoms with van der Waals surface area (Å²) in [4.78, 5) is 29.6. The molecule has 1 N–H and O–H groups in total. The standard InChI is InChI=1S/C23H35N3O2/c1-3-18-9-8-10-19(4-2)22(18)24-21(27)17-25-15-11-20(12-16-25)23(28)26-13-6-5-7-14-26/h8-10,20H,3-7,11-17H2,1-2H3,(H,24,27). The fraction of sp³-hybridized carbons (Fsp3) is 0.652. The minimum absolute atomic E-state index is 0.0522. The van der Waals surface area contributed by atoms with Gasteiger partial charge in [0.2, 0.25) is 11.8 Å². The van der Waals surface area contributed by atoms with Gasteiger partial charge in [-0.25, -0.2) is 0 Å². The molecule has 1 aromatic rings. The van der Waals surface area contributed by atoms with Gasteiger partial charge in [-0.05, 0) is 69.2 Å². The number of carbonyl (C=O) groups excluding carboxylic acids is 2. The number of piperidine rings is 2. The van der Waals surface area contributed by atoms with Crippen LogP contribution in [0.2, 0.25) is 0 Å². The van der Waals surface area contributed by atoms with Crippen LogP contribution in [0.1, 0.15) is 57.1 Å². The van der Waals surface area contributed by atoms with Gasteiger partial charge in [0.1, 0.15) is 0 Å². The summed E-state index contributed by atoms with van der Waals surface area (Å²) in [6, 6.07) is 6.25. The third kappa shape index (κ3) is 5.13. The Morgan fingerprint density at radius 3 is 2.14 bits per heavy atom. The predicted molar refractivity (Wildman–Crippen MR) is 113 cm³/mol. The molecule has 2 aliphatic heterocycles. The van der Waals surface area contributed by atoms with E-state index in [4.69, 9.17) is 0 Å². The second kappa shape index (κ2) is 10.1. The van der Waals surface area contributed by atoms with Crippen molar-refractivity contribution in [2.45, 2.75) is 58.8 Å². The van der Waals surface area contributed by atoms with Crippen LogP contribution in [-0.4, -0.2) is 54.3 Å². The molecule has 5 nitrogen and oxygen atoms in total. The number of anilines is 1. The van der Waals surface area contributed by atoms with E-state index in [0.717, 1.165) is 70.4 Å². The quantitative estimate of drug-likeness (QED) is 0.816. The van der Waals surface area contributed by atoms with E-state index in [0.29, 0.717) is 12.5 Å². The lowest BCUT2D eigenvalue weighted by Crippen LogP contribution is -2.45. The Bertz CT molecular complexity index is 652. The molecule has 5 heteroatoms. The van der Waals surface area contributed by atoms with Crippen molar-refractivity contribution in [3.63, 3.8) is 0 Å². The van der Waals surface area contributed by atoms with E-state index in [2.05, 4.69) is 47.2 Å². The van der Waals surface area contributed by atoms with E-state index in [1.807, 2.05) is 0 Å². The van der Waals surface area contributed by atoms with E-state index in [1.54, 1.807) is 0 Å². The third-order valence-electron chi connectivity index (χ3n) is 6.24. The molecule has 0 spiro atoms. The van der Waals surface area contributed by atoms with Crippen LogP contribution in [0.15, 0.2) is 18.2 Å². The van der Waals surface area contributed by atoms with E-state index < -0.39 is 0 Å². The first-order chi connectivity index (χ1) is 13.6. The highest BCUT2D eigenvalue weighted by Crippen LogP contribution is 2.24. The summed E-state index contributed by atoms with van der Waals surface area (Å²) in [6.45, 7) is 8.16. The van der Waals surface area contributed by atoms with Gasteiger partial charge >= 0.3 is 0 Å². The first kappa shape index (κ1) is 20.8. The normalized spacial score (nSPS) is 18.9. The van der Waals surface area contributed by atoms with Crippen LogP contribution in [0.5, 0.6) is 0 Å². The molecule has 1 aromatic carbocycles. The molecule has 3 rings (SSSR count). The average Bonchev–Trinajstić information content (AvgIpc) is 2.74. The molecule has 0 atom stereocenters. The van der Waals surface area contributed by atoms with Gasteiger partial charge in [0.15, 0.2) is 0 Å². The summed E-state index contributed by atoms with van der Waals surface area (Å²) < 4.78 is 0. The molecule has 0 bridgehead atoms. The number of hydrogen-bond acceptors (Lipinski definition) is 3. The molecule has 0 aliphatic carbocycles. The highest BCUT2D eigenvalue weighted by molar-refractivity contribution is 5.94. The monoisotopic (exact) mass is 385 g/mol. The van der Waals surface area contributed by atoms with Gasteiger partial charge in [-0.15, -0.1) is 0 Å². The molecule has 2 fully saturated rings. The maximum absolute atomic E-state index is 12.7. The van der Waals surface area contributed by atoms with Crippen LogP contribution in [-0.2, 0) is 22.4 Å². The predicted octanol–water partition coefficient (Wildman–Crippen LogP) is 3.47. The van der Waals surface area contributed by atoms with Crippen molar-refractivity contribution >= 4 is 17.5 Å². The largest absolute Gasteiger partial charge is 0.342 e. The average molecular weight is 386 g/mol. The van der Waals surface area contributed by atoms with Gasteiger partial charge < -0.3 is 10.2 Å². The van der Waals surface area contributed by atoms with Crippen molar-refractivity contribution < 1.29 is 9.59 Å². The number of para-hydroxylation sites is 1. The Balaban J connectivity index is 1.50. The minimum Gasteiger partial charge on any atom is -0.342 e. The maximum atomic E-state index is 12.7. The summed E-state index contributed by atoms with van der Waals surface area (Å²) in [7, 11) is 0. The molecule has 2 heterocycles. The lowest BCUT2D eigenvalue weighted by Gasteiger charge is -2.35. The number of benzene rings is 1. The van der Waals surface area contributed by atoms with E-state index >= 15 is 0 Å². The van der Waals surface area contributed by atoms with Crippen molar-refractivity contribution in [2.75, 3.05) is 38.0 Å². The third-order valence-corrected chi connectivity index (χ3v) is 6.24. The van der Waals surface area contributed by atoms with Crippen LogP contribution in [0.3, 0.4) is 0 Å². The molecule has 2 amide bonds. The minimum atomic E-state index is 0.0522. The van der Waals surface area contributed by atoms with Crippen molar-refractivity contribution in [3.8, 4) is 0 Å². The van der Waals surface area contributed by atoms with Gasteiger partial charge in [0.05, 0.1) is 6.54 Å². The zero-order valence-corrected chi connectivity index (χ0v) is 17.5. The van der Waals surface area contributed by atoms with Gasteiger partial charge in [-0.2, -0.15) is 0 Å². The summed E-state index contributed by atoms with van der Waals surface area (Å²) in [5, 5.41) is 3.16. The number of nitrogens with one attached hydrogen (secondary N) is 1. The number of aryl methyl sites for hydroxylation is 2. The molecule has 0 saturated carbocycles. The Morgan fingerprint density at radius 2 is 1.57 bits per heavy atom. The molecule has 154 valence electrons. The Kier molecular flexibility index (Phi) is 7.49. The van der Waals surface area contributed by atoms with Gasteiger partial charge in [0, 0.05) is 24.7 Å². The number of nitrogens with zero attached hydrogens (tertiary/aromatic N) is 2. The smallest absolute Gasteiger partial charge is 0.238 e. The number of hydrogen-bond donors (Lipinski definition) is 1. The van der Waals surface area contributed by atoms with Crippen molar-refractivity contribution in [1.82, 2.24) is 9.80 Å². The lowest BCUT2D eigenvalue weighted by molar-refractivity contribution is -0.138. The van der Waals surface area contributed by atoms with Crippen LogP contribution in [0.4, 0.5) is 5.69 Å². The summed E-state index contributed by atoms with van der Waals surface area (Å²) in [6.07, 6.45) is 7.09. The van der Waals surface area contributed by atoms with E-state index in [-0.39, 0.29) is 11.8 Å². The Labute approximate surface area is 169 Å². The first-order valence-electron chi connectivity index (χ1n) is 11.0. The summed E-state index contributed by atoms with van der Waals surface area (Å²) >= 11 is 0. The molecule has 0 aromatic heterocycles. The second-order valence-electron chi connectivity index (χ2n) is 8.14. The van der Waals surface area contributed by atoms with Crippen molar-refractivity contribution in [1.29, 1.82) is 0 Å². The molecule has 2 saturated heterocycles. The maximum Gasteiger partial charge on any atom is 0.238 e. The zero-order valence-electron chi connectivity index (χ0n) is 17.5. The zero-order chi connectivity index (χ0) is 19.9. The summed E-state index contributed by atoms with van der Waals surface area (Å²) in [5.74, 6) is 0.537. The fourth-order valence-corrected chi connectivity index (χ4v) is 4.50. The number of rotatable bonds is 6. The van der Waals surface area contributed by atoms with E-state index in [1.165, 1.54) is 17.5 Å². The van der Waals surface area contributed by atoms with E-state index in [9.17, 15) is 9.59 Å². The van der Waals surface area contributed by atoms with Gasteiger partial charge in [-0.1, -0.05) is 32.0 Å². The second-order valence-corrected chi connectivity index (χ2v) is 8.14. The molecule has 28 heavy (non-hydrogen) atoms.